The highest BCUT2D eigenvalue weighted by atomic mass is 32.2. The summed E-state index contributed by atoms with van der Waals surface area (Å²) in [5, 5.41) is 9.87. The van der Waals surface area contributed by atoms with E-state index in [1.54, 1.807) is 28.8 Å². The highest BCUT2D eigenvalue weighted by Crippen LogP contribution is 2.28. The minimum absolute atomic E-state index is 0.0387. The van der Waals surface area contributed by atoms with Crippen molar-refractivity contribution in [1.29, 1.82) is 0 Å². The number of Topliss-reactive ketones (excluding diaryl/α,β-unsaturated/α-hetero) is 1. The number of aromatic nitrogens is 1. The number of thiophene rings is 1. The van der Waals surface area contributed by atoms with Gasteiger partial charge in [-0.15, -0.1) is 22.7 Å². The third-order valence-electron chi connectivity index (χ3n) is 6.06. The third kappa shape index (κ3) is 9.21. The fraction of sp³-hybridized carbons (Fsp3) is 0.214. The van der Waals surface area contributed by atoms with Gasteiger partial charge in [-0.05, 0) is 41.1 Å². The number of alkyl carbamates (subject to hydrolysis) is 1. The Morgan fingerprint density at radius 1 is 0.905 bits per heavy atom. The molecule has 2 aromatic carbocycles. The van der Waals surface area contributed by atoms with Crippen molar-refractivity contribution >= 4 is 56.4 Å². The molecule has 0 aliphatic carbocycles. The Bertz CT molecular complexity index is 1610. The largest absolute Gasteiger partial charge is 0.453 e. The van der Waals surface area contributed by atoms with Gasteiger partial charge in [0, 0.05) is 11.8 Å². The molecule has 14 heteroatoms. The normalized spacial score (nSPS) is 12.6. The lowest BCUT2D eigenvalue weighted by molar-refractivity contribution is -0.128. The van der Waals surface area contributed by atoms with Gasteiger partial charge in [-0.1, -0.05) is 48.5 Å². The number of nitrogens with one attached hydrogen (secondary N) is 3. The molecular formula is C28H28N4O7S3. The Morgan fingerprint density at radius 3 is 2.24 bits per heavy atom. The zero-order valence-corrected chi connectivity index (χ0v) is 24.8. The van der Waals surface area contributed by atoms with E-state index in [2.05, 4.69) is 15.6 Å². The third-order valence-corrected chi connectivity index (χ3v) is 8.49. The average Bonchev–Trinajstić information content (AvgIpc) is 3.65. The number of rotatable bonds is 13. The molecule has 0 saturated carbocycles. The SMILES string of the molecule is COC(=O)N[C@@H](Cc1ccccc1)C(=O)N[C@H](Cc1ccc(NS(=O)(=O)O)cc1)C(=O)Cc1csc(-c2cccs2)n1. The number of benzene rings is 2. The van der Waals surface area contributed by atoms with Gasteiger partial charge in [0.05, 0.1) is 35.8 Å². The highest BCUT2D eigenvalue weighted by molar-refractivity contribution is 7.87. The number of nitrogens with zero attached hydrogens (tertiary/aromatic N) is 1. The fourth-order valence-corrected chi connectivity index (χ4v) is 6.14. The van der Waals surface area contributed by atoms with Gasteiger partial charge in [0.2, 0.25) is 5.91 Å². The van der Waals surface area contributed by atoms with Gasteiger partial charge in [-0.3, -0.25) is 18.9 Å². The molecule has 2 heterocycles. The lowest BCUT2D eigenvalue weighted by Gasteiger charge is -2.23. The first-order valence-corrected chi connectivity index (χ1v) is 15.8. The molecule has 0 spiro atoms. The van der Waals surface area contributed by atoms with Crippen molar-refractivity contribution in [2.45, 2.75) is 31.3 Å². The number of thiazole rings is 1. The summed E-state index contributed by atoms with van der Waals surface area (Å²) in [6.45, 7) is 0. The van der Waals surface area contributed by atoms with Gasteiger partial charge in [0.1, 0.15) is 11.0 Å². The summed E-state index contributed by atoms with van der Waals surface area (Å²) in [6, 6.07) is 16.9. The van der Waals surface area contributed by atoms with Gasteiger partial charge in [-0.25, -0.2) is 9.78 Å². The molecule has 2 amide bonds. The number of carbonyl (C=O) groups is 3. The molecular weight excluding hydrogens is 601 g/mol. The van der Waals surface area contributed by atoms with E-state index in [1.165, 1.54) is 30.6 Å². The van der Waals surface area contributed by atoms with Crippen LogP contribution in [0.25, 0.3) is 9.88 Å². The minimum Gasteiger partial charge on any atom is -0.453 e. The van der Waals surface area contributed by atoms with Crippen molar-refractivity contribution < 1.29 is 32.1 Å². The summed E-state index contributed by atoms with van der Waals surface area (Å²) in [7, 11) is -3.26. The maximum atomic E-state index is 13.6. The minimum atomic E-state index is -4.45. The number of ketones is 1. The van der Waals surface area contributed by atoms with E-state index >= 15 is 0 Å². The van der Waals surface area contributed by atoms with Crippen molar-refractivity contribution in [1.82, 2.24) is 15.6 Å². The smallest absolute Gasteiger partial charge is 0.407 e. The molecule has 0 saturated heterocycles. The van der Waals surface area contributed by atoms with Crippen LogP contribution >= 0.6 is 22.7 Å². The van der Waals surface area contributed by atoms with Crippen LogP contribution in [0.4, 0.5) is 10.5 Å². The Balaban J connectivity index is 1.55. The van der Waals surface area contributed by atoms with Crippen LogP contribution in [0.1, 0.15) is 16.8 Å². The molecule has 0 fully saturated rings. The molecule has 2 atom stereocenters. The van der Waals surface area contributed by atoms with E-state index < -0.39 is 34.4 Å². The number of amides is 2. The molecule has 42 heavy (non-hydrogen) atoms. The second-order valence-corrected chi connectivity index (χ2v) is 12.1. The molecule has 220 valence electrons. The number of methoxy groups -OCH3 is 1. The van der Waals surface area contributed by atoms with E-state index in [0.29, 0.717) is 11.3 Å². The maximum absolute atomic E-state index is 13.6. The van der Waals surface area contributed by atoms with Crippen LogP contribution in [0, 0.1) is 0 Å². The molecule has 2 aromatic heterocycles. The molecule has 0 aliphatic rings. The summed E-state index contributed by atoms with van der Waals surface area (Å²) in [4.78, 5) is 44.7. The van der Waals surface area contributed by atoms with Gasteiger partial charge >= 0.3 is 16.4 Å². The summed E-state index contributed by atoms with van der Waals surface area (Å²) in [5.41, 5.74) is 2.10. The number of anilines is 1. The fourth-order valence-electron chi connectivity index (χ4n) is 4.07. The summed E-state index contributed by atoms with van der Waals surface area (Å²) in [6.07, 6.45) is -0.591. The van der Waals surface area contributed by atoms with Crippen LogP contribution in [-0.4, -0.2) is 54.9 Å². The quantitative estimate of drug-likeness (QED) is 0.162. The van der Waals surface area contributed by atoms with Crippen molar-refractivity contribution in [3.8, 4) is 9.88 Å². The van der Waals surface area contributed by atoms with Crippen LogP contribution < -0.4 is 15.4 Å². The first kappa shape index (κ1) is 30.8. The number of hydrogen-bond donors (Lipinski definition) is 4. The van der Waals surface area contributed by atoms with Crippen LogP contribution in [0.2, 0.25) is 0 Å². The van der Waals surface area contributed by atoms with E-state index in [-0.39, 0.29) is 30.7 Å². The van der Waals surface area contributed by atoms with E-state index in [0.717, 1.165) is 15.4 Å². The zero-order valence-electron chi connectivity index (χ0n) is 22.4. The average molecular weight is 629 g/mol. The summed E-state index contributed by atoms with van der Waals surface area (Å²) in [5.74, 6) is -0.882. The second kappa shape index (κ2) is 14.2. The Hall–Kier alpha value is -4.11. The molecule has 0 aliphatic heterocycles. The molecule has 4 rings (SSSR count). The predicted octanol–water partition coefficient (Wildman–Crippen LogP) is 3.89. The summed E-state index contributed by atoms with van der Waals surface area (Å²) >= 11 is 2.96. The summed E-state index contributed by atoms with van der Waals surface area (Å²) < 4.78 is 37.9. The molecule has 4 N–H and O–H groups in total. The number of carbonyl (C=O) groups excluding carboxylic acids is 3. The lowest BCUT2D eigenvalue weighted by atomic mass is 9.98. The molecule has 0 unspecified atom stereocenters. The molecule has 11 nitrogen and oxygen atoms in total. The Labute approximate surface area is 250 Å². The highest BCUT2D eigenvalue weighted by Gasteiger charge is 2.28. The van der Waals surface area contributed by atoms with E-state index in [4.69, 9.17) is 9.29 Å². The number of hydrogen-bond acceptors (Lipinski definition) is 9. The first-order chi connectivity index (χ1) is 20.1. The molecule has 4 aromatic rings. The topological polar surface area (TPSA) is 164 Å². The second-order valence-electron chi connectivity index (χ2n) is 9.18. The Morgan fingerprint density at radius 2 is 1.60 bits per heavy atom. The predicted molar refractivity (Wildman–Crippen MR) is 161 cm³/mol. The van der Waals surface area contributed by atoms with Crippen molar-refractivity contribution in [2.24, 2.45) is 0 Å². The van der Waals surface area contributed by atoms with Gasteiger partial charge in [0.15, 0.2) is 5.78 Å². The van der Waals surface area contributed by atoms with E-state index in [1.807, 2.05) is 52.6 Å². The van der Waals surface area contributed by atoms with Crippen molar-refractivity contribution in [3.05, 3.63) is 94.3 Å². The standard InChI is InChI=1S/C28H28N4O7S3/c1-39-28(35)31-23(15-18-6-3-2-4-7-18)26(34)30-22(14-19-9-11-20(12-10-19)32-42(36,37)38)24(33)16-21-17-41-27(29-21)25-8-5-13-40-25/h2-13,17,22-23,32H,14-16H2,1H3,(H,30,34)(H,31,35)(H,36,37,38)/t22-,23+/m1/s1. The molecule has 0 radical (unpaired) electrons. The zero-order chi connectivity index (χ0) is 30.1. The first-order valence-electron chi connectivity index (χ1n) is 12.6. The van der Waals surface area contributed by atoms with E-state index in [9.17, 15) is 22.8 Å². The van der Waals surface area contributed by atoms with Crippen LogP contribution in [-0.2, 0) is 43.9 Å². The van der Waals surface area contributed by atoms with Crippen molar-refractivity contribution in [2.75, 3.05) is 11.8 Å². The number of ether oxygens (including phenoxy) is 1. The maximum Gasteiger partial charge on any atom is 0.407 e. The van der Waals surface area contributed by atoms with Gasteiger partial charge in [0.25, 0.3) is 0 Å². The van der Waals surface area contributed by atoms with Gasteiger partial charge < -0.3 is 15.4 Å². The van der Waals surface area contributed by atoms with Crippen LogP contribution in [0.5, 0.6) is 0 Å². The van der Waals surface area contributed by atoms with Crippen LogP contribution in [0.3, 0.4) is 0 Å². The monoisotopic (exact) mass is 628 g/mol. The van der Waals surface area contributed by atoms with Crippen LogP contribution in [0.15, 0.2) is 77.5 Å². The van der Waals surface area contributed by atoms with Crippen molar-refractivity contribution in [3.63, 3.8) is 0 Å². The molecule has 0 bridgehead atoms. The van der Waals surface area contributed by atoms with Gasteiger partial charge in [-0.2, -0.15) is 8.42 Å². The lowest BCUT2D eigenvalue weighted by Crippen LogP contribution is -2.53. The Kier molecular flexibility index (Phi) is 10.4.